The summed E-state index contributed by atoms with van der Waals surface area (Å²) >= 11 is 0. The number of methoxy groups -OCH3 is 1. The zero-order chi connectivity index (χ0) is 15.7. The topological polar surface area (TPSA) is 29.5 Å². The van der Waals surface area contributed by atoms with E-state index in [4.69, 9.17) is 4.74 Å². The van der Waals surface area contributed by atoms with Crippen molar-refractivity contribution in [2.75, 3.05) is 14.2 Å². The lowest BCUT2D eigenvalue weighted by atomic mass is 10.1. The van der Waals surface area contributed by atoms with Crippen LogP contribution in [0.5, 0.6) is 5.75 Å². The van der Waals surface area contributed by atoms with Gasteiger partial charge >= 0.3 is 0 Å². The normalized spacial score (nSPS) is 16.2. The Labute approximate surface area is 131 Å². The van der Waals surface area contributed by atoms with Gasteiger partial charge in [0.25, 0.3) is 5.91 Å². The van der Waals surface area contributed by atoms with Crippen molar-refractivity contribution >= 4 is 5.91 Å². The smallest absolute Gasteiger partial charge is 0.254 e. The molecular formula is C19H21NO2. The molecule has 0 saturated heterocycles. The van der Waals surface area contributed by atoms with Crippen molar-refractivity contribution in [3.8, 4) is 5.75 Å². The Morgan fingerprint density at radius 2 is 2.00 bits per heavy atom. The van der Waals surface area contributed by atoms with Crippen LogP contribution in [0.2, 0.25) is 0 Å². The molecule has 0 aromatic heterocycles. The lowest BCUT2D eigenvalue weighted by Crippen LogP contribution is -2.30. The summed E-state index contributed by atoms with van der Waals surface area (Å²) in [5.74, 6) is 0.797. The van der Waals surface area contributed by atoms with E-state index in [2.05, 4.69) is 18.2 Å². The van der Waals surface area contributed by atoms with Crippen LogP contribution in [0.15, 0.2) is 42.5 Å². The molecule has 3 rings (SSSR count). The fourth-order valence-corrected chi connectivity index (χ4v) is 3.24. The fraction of sp³-hybridized carbons (Fsp3) is 0.316. The highest BCUT2D eigenvalue weighted by Crippen LogP contribution is 2.35. The molecule has 0 saturated carbocycles. The third-order valence-corrected chi connectivity index (χ3v) is 4.54. The number of aryl methyl sites for hydroxylation is 2. The average Bonchev–Trinajstić information content (AvgIpc) is 2.98. The minimum absolute atomic E-state index is 0.0417. The first kappa shape index (κ1) is 14.6. The number of benzene rings is 2. The van der Waals surface area contributed by atoms with Gasteiger partial charge in [0.1, 0.15) is 5.75 Å². The molecular weight excluding hydrogens is 274 g/mol. The summed E-state index contributed by atoms with van der Waals surface area (Å²) in [4.78, 5) is 14.6. The van der Waals surface area contributed by atoms with Crippen LogP contribution >= 0.6 is 0 Å². The zero-order valence-electron chi connectivity index (χ0n) is 13.3. The summed E-state index contributed by atoms with van der Waals surface area (Å²) in [5, 5.41) is 0. The molecule has 22 heavy (non-hydrogen) atoms. The molecule has 1 atom stereocenters. The van der Waals surface area contributed by atoms with Crippen LogP contribution < -0.4 is 4.74 Å². The molecule has 1 aliphatic rings. The number of hydrogen-bond acceptors (Lipinski definition) is 2. The third-order valence-electron chi connectivity index (χ3n) is 4.54. The van der Waals surface area contributed by atoms with Crippen LogP contribution in [0, 0.1) is 6.92 Å². The maximum absolute atomic E-state index is 12.8. The van der Waals surface area contributed by atoms with Gasteiger partial charge in [-0.1, -0.05) is 30.3 Å². The Kier molecular flexibility index (Phi) is 3.88. The van der Waals surface area contributed by atoms with Gasteiger partial charge in [0.05, 0.1) is 13.2 Å². The molecule has 0 aliphatic heterocycles. The monoisotopic (exact) mass is 295 g/mol. The average molecular weight is 295 g/mol. The summed E-state index contributed by atoms with van der Waals surface area (Å²) in [6.07, 6.45) is 2.03. The molecule has 0 spiro atoms. The third kappa shape index (κ3) is 2.47. The fourth-order valence-electron chi connectivity index (χ4n) is 3.24. The predicted octanol–water partition coefficient (Wildman–Crippen LogP) is 3.76. The molecule has 0 radical (unpaired) electrons. The van der Waals surface area contributed by atoms with Gasteiger partial charge in [-0.2, -0.15) is 0 Å². The standard InChI is InChI=1S/C19H21NO2/c1-13-8-9-15(12-18(13)22-3)19(21)20(2)17-11-10-14-6-4-5-7-16(14)17/h4-9,12,17H,10-11H2,1-3H3/t17-/m1/s1. The number of carbonyl (C=O) groups is 1. The van der Waals surface area contributed by atoms with E-state index in [1.54, 1.807) is 7.11 Å². The summed E-state index contributed by atoms with van der Waals surface area (Å²) < 4.78 is 5.33. The van der Waals surface area contributed by atoms with E-state index in [1.807, 2.05) is 43.1 Å². The Morgan fingerprint density at radius 3 is 2.77 bits per heavy atom. The van der Waals surface area contributed by atoms with Gasteiger partial charge in [-0.15, -0.1) is 0 Å². The van der Waals surface area contributed by atoms with Crippen LogP contribution in [0.1, 0.15) is 39.5 Å². The zero-order valence-corrected chi connectivity index (χ0v) is 13.3. The second kappa shape index (κ2) is 5.84. The number of ether oxygens (including phenoxy) is 1. The second-order valence-electron chi connectivity index (χ2n) is 5.85. The van der Waals surface area contributed by atoms with Gasteiger partial charge in [-0.25, -0.2) is 0 Å². The Balaban J connectivity index is 1.87. The van der Waals surface area contributed by atoms with E-state index in [9.17, 15) is 4.79 Å². The quantitative estimate of drug-likeness (QED) is 0.863. The van der Waals surface area contributed by atoms with E-state index in [-0.39, 0.29) is 11.9 Å². The van der Waals surface area contributed by atoms with Gasteiger partial charge < -0.3 is 9.64 Å². The lowest BCUT2D eigenvalue weighted by molar-refractivity contribution is 0.0730. The highest BCUT2D eigenvalue weighted by molar-refractivity contribution is 5.95. The first-order valence-corrected chi connectivity index (χ1v) is 7.61. The van der Waals surface area contributed by atoms with Crippen molar-refractivity contribution in [3.05, 3.63) is 64.7 Å². The van der Waals surface area contributed by atoms with Crippen molar-refractivity contribution in [1.29, 1.82) is 0 Å². The Hall–Kier alpha value is -2.29. The van der Waals surface area contributed by atoms with Crippen molar-refractivity contribution < 1.29 is 9.53 Å². The molecule has 114 valence electrons. The van der Waals surface area contributed by atoms with Crippen LogP contribution in [-0.4, -0.2) is 25.0 Å². The van der Waals surface area contributed by atoms with Crippen LogP contribution in [-0.2, 0) is 6.42 Å². The summed E-state index contributed by atoms with van der Waals surface area (Å²) in [7, 11) is 3.52. The highest BCUT2D eigenvalue weighted by Gasteiger charge is 2.28. The maximum Gasteiger partial charge on any atom is 0.254 e. The van der Waals surface area contributed by atoms with Crippen LogP contribution in [0.4, 0.5) is 0 Å². The maximum atomic E-state index is 12.8. The van der Waals surface area contributed by atoms with E-state index in [0.717, 1.165) is 24.2 Å². The molecule has 0 fully saturated rings. The van der Waals surface area contributed by atoms with Gasteiger partial charge in [-0.3, -0.25) is 4.79 Å². The Bertz CT molecular complexity index is 708. The molecule has 3 nitrogen and oxygen atoms in total. The first-order valence-electron chi connectivity index (χ1n) is 7.61. The number of fused-ring (bicyclic) bond motifs is 1. The molecule has 1 aliphatic carbocycles. The lowest BCUT2D eigenvalue weighted by Gasteiger charge is -2.26. The van der Waals surface area contributed by atoms with Crippen LogP contribution in [0.25, 0.3) is 0 Å². The molecule has 1 amide bonds. The van der Waals surface area contributed by atoms with E-state index in [0.29, 0.717) is 5.56 Å². The van der Waals surface area contributed by atoms with Crippen LogP contribution in [0.3, 0.4) is 0 Å². The van der Waals surface area contributed by atoms with Gasteiger partial charge in [-0.05, 0) is 48.6 Å². The molecule has 0 N–H and O–H groups in total. The number of hydrogen-bond donors (Lipinski definition) is 0. The number of nitrogens with zero attached hydrogens (tertiary/aromatic N) is 1. The molecule has 2 aromatic rings. The summed E-state index contributed by atoms with van der Waals surface area (Å²) in [6.45, 7) is 1.98. The molecule has 0 bridgehead atoms. The second-order valence-corrected chi connectivity index (χ2v) is 5.85. The summed E-state index contributed by atoms with van der Waals surface area (Å²) in [5.41, 5.74) is 4.34. The number of amides is 1. The van der Waals surface area contributed by atoms with Gasteiger partial charge in [0, 0.05) is 12.6 Å². The largest absolute Gasteiger partial charge is 0.496 e. The molecule has 3 heteroatoms. The van der Waals surface area contributed by atoms with Crippen molar-refractivity contribution in [3.63, 3.8) is 0 Å². The first-order chi connectivity index (χ1) is 10.6. The minimum Gasteiger partial charge on any atom is -0.496 e. The van der Waals surface area contributed by atoms with E-state index >= 15 is 0 Å². The summed E-state index contributed by atoms with van der Waals surface area (Å²) in [6, 6.07) is 14.2. The molecule has 0 heterocycles. The minimum atomic E-state index is 0.0417. The predicted molar refractivity (Wildman–Crippen MR) is 87.3 cm³/mol. The van der Waals surface area contributed by atoms with E-state index < -0.39 is 0 Å². The van der Waals surface area contributed by atoms with Crippen molar-refractivity contribution in [2.45, 2.75) is 25.8 Å². The number of carbonyl (C=O) groups excluding carboxylic acids is 1. The SMILES string of the molecule is COc1cc(C(=O)N(C)[C@@H]2CCc3ccccc32)ccc1C. The Morgan fingerprint density at radius 1 is 1.23 bits per heavy atom. The van der Waals surface area contributed by atoms with Gasteiger partial charge in [0.15, 0.2) is 0 Å². The number of rotatable bonds is 3. The van der Waals surface area contributed by atoms with E-state index in [1.165, 1.54) is 11.1 Å². The highest BCUT2D eigenvalue weighted by atomic mass is 16.5. The molecule has 0 unspecified atom stereocenters. The van der Waals surface area contributed by atoms with Crippen molar-refractivity contribution in [1.82, 2.24) is 4.90 Å². The van der Waals surface area contributed by atoms with Gasteiger partial charge in [0.2, 0.25) is 0 Å². The molecule has 2 aromatic carbocycles. The van der Waals surface area contributed by atoms with Crippen molar-refractivity contribution in [2.24, 2.45) is 0 Å².